The van der Waals surface area contributed by atoms with Crippen molar-refractivity contribution in [1.29, 1.82) is 0 Å². The van der Waals surface area contributed by atoms with Crippen LogP contribution in [0.5, 0.6) is 0 Å². The molecule has 0 radical (unpaired) electrons. The van der Waals surface area contributed by atoms with Crippen molar-refractivity contribution < 1.29 is 48.1 Å². The fraction of sp³-hybridized carbons (Fsp3) is 0.694. The first kappa shape index (κ1) is 54.7. The third-order valence-corrected chi connectivity index (χ3v) is 13.4. The van der Waals surface area contributed by atoms with Crippen LogP contribution < -0.4 is 10.6 Å². The van der Waals surface area contributed by atoms with Crippen molar-refractivity contribution in [2.45, 2.75) is 155 Å². The van der Waals surface area contributed by atoms with Crippen LogP contribution >= 0.6 is 0 Å². The molecule has 1 saturated heterocycles. The van der Waals surface area contributed by atoms with E-state index in [-0.39, 0.29) is 72.6 Å². The Bertz CT molecular complexity index is 1770. The Labute approximate surface area is 387 Å². The lowest BCUT2D eigenvalue weighted by Crippen LogP contribution is -2.60. The molecule has 3 rings (SSSR count). The molecule has 0 aliphatic carbocycles. The van der Waals surface area contributed by atoms with Crippen molar-refractivity contribution in [3.05, 3.63) is 48.0 Å². The Morgan fingerprint density at radius 2 is 1.46 bits per heavy atom. The largest absolute Gasteiger partial charge is 0.386 e. The van der Waals surface area contributed by atoms with Gasteiger partial charge in [0.05, 0.1) is 48.8 Å². The highest BCUT2D eigenvalue weighted by Gasteiger charge is 2.43. The number of methoxy groups -OCH3 is 2. The predicted molar refractivity (Wildman–Crippen MR) is 248 cm³/mol. The number of amides is 7. The summed E-state index contributed by atoms with van der Waals surface area (Å²) in [6, 6.07) is 5.80. The van der Waals surface area contributed by atoms with Crippen molar-refractivity contribution in [1.82, 2.24) is 30.2 Å². The van der Waals surface area contributed by atoms with E-state index >= 15 is 0 Å². The first-order chi connectivity index (χ1) is 30.7. The lowest BCUT2D eigenvalue weighted by molar-refractivity contribution is -0.148. The predicted octanol–water partition coefficient (Wildman–Crippen LogP) is 4.25. The van der Waals surface area contributed by atoms with E-state index in [4.69, 9.17) is 9.47 Å². The van der Waals surface area contributed by atoms with E-state index < -0.39 is 60.3 Å². The summed E-state index contributed by atoms with van der Waals surface area (Å²) in [6.07, 6.45) is 4.09. The van der Waals surface area contributed by atoms with Crippen molar-refractivity contribution in [2.75, 3.05) is 41.4 Å². The van der Waals surface area contributed by atoms with Gasteiger partial charge in [-0.15, -0.1) is 0 Å². The number of rotatable bonds is 26. The third-order valence-electron chi connectivity index (χ3n) is 13.4. The molecular weight excluding hydrogens is 833 g/mol. The number of likely N-dealkylation sites (N-methyl/N-ethyl adjacent to an activating group) is 2. The van der Waals surface area contributed by atoms with E-state index in [1.165, 1.54) is 36.2 Å². The second-order valence-electron chi connectivity index (χ2n) is 18.6. The summed E-state index contributed by atoms with van der Waals surface area (Å²) in [4.78, 5) is 99.5. The summed E-state index contributed by atoms with van der Waals surface area (Å²) in [5, 5.41) is 16.8. The number of hydrogen-bond acceptors (Lipinski definition) is 10. The summed E-state index contributed by atoms with van der Waals surface area (Å²) in [6.45, 7) is 15.6. The first-order valence-corrected chi connectivity index (χ1v) is 23.5. The van der Waals surface area contributed by atoms with Crippen LogP contribution in [-0.2, 0) is 43.0 Å². The number of nitrogens with one attached hydrogen (secondary N) is 2. The van der Waals surface area contributed by atoms with Crippen LogP contribution in [0.2, 0.25) is 0 Å². The lowest BCUT2D eigenvalue weighted by atomic mass is 9.89. The van der Waals surface area contributed by atoms with Crippen molar-refractivity contribution >= 4 is 41.4 Å². The average Bonchev–Trinajstić information content (AvgIpc) is 3.89. The molecule has 16 nitrogen and oxygen atoms in total. The molecule has 65 heavy (non-hydrogen) atoms. The van der Waals surface area contributed by atoms with Gasteiger partial charge in [0, 0.05) is 60.0 Å². The molecule has 2 aliphatic rings. The first-order valence-electron chi connectivity index (χ1n) is 23.5. The minimum atomic E-state index is -0.947. The molecule has 10 atom stereocenters. The van der Waals surface area contributed by atoms with Gasteiger partial charge >= 0.3 is 0 Å². The Balaban J connectivity index is 1.70. The highest BCUT2D eigenvalue weighted by Crippen LogP contribution is 2.30. The molecule has 7 amide bonds. The van der Waals surface area contributed by atoms with E-state index in [2.05, 4.69) is 10.6 Å². The van der Waals surface area contributed by atoms with Crippen LogP contribution in [0.25, 0.3) is 0 Å². The number of aliphatic hydroxyl groups is 1. The summed E-state index contributed by atoms with van der Waals surface area (Å²) in [5.41, 5.74) is 0.688. The van der Waals surface area contributed by atoms with Gasteiger partial charge in [0.2, 0.25) is 29.5 Å². The van der Waals surface area contributed by atoms with Gasteiger partial charge < -0.3 is 39.9 Å². The Morgan fingerprint density at radius 3 is 2.02 bits per heavy atom. The number of likely N-dealkylation sites (tertiary alicyclic amines) is 1. The number of carbonyl (C=O) groups excluding carboxylic acids is 7. The quantitative estimate of drug-likeness (QED) is 0.0894. The summed E-state index contributed by atoms with van der Waals surface area (Å²) >= 11 is 0. The molecule has 0 aromatic heterocycles. The number of hydrogen-bond donors (Lipinski definition) is 3. The second-order valence-corrected chi connectivity index (χ2v) is 18.6. The van der Waals surface area contributed by atoms with Gasteiger partial charge in [0.15, 0.2) is 0 Å². The number of benzene rings is 1. The molecule has 3 N–H and O–H groups in total. The van der Waals surface area contributed by atoms with E-state index in [0.29, 0.717) is 44.2 Å². The molecule has 0 spiro atoms. The van der Waals surface area contributed by atoms with Crippen molar-refractivity contribution in [2.24, 2.45) is 23.7 Å². The standard InChI is InChI=1S/C49H78N6O10/c1-13-32(6)44(37(64-11)29-41(59)54-28-20-23-36(54)46(65-12)33(7)47(61)50-34(8)45(60)35-21-16-14-17-22-35)53(10)49(63)42(30(2)3)51-48(62)43(31(4)5)52(9)38(56)24-18-15-19-27-55-39(57)25-26-40(55)58/h14,16-17,21-22,25-26,30-34,36-37,42-46,60H,13,15,18-20,23-24,27-29H2,1-12H3,(H,50,61)(H,51,62). The number of aliphatic hydroxyl groups excluding tert-OH is 1. The van der Waals surface area contributed by atoms with Gasteiger partial charge in [-0.05, 0) is 55.9 Å². The normalized spacial score (nSPS) is 19.3. The molecule has 16 heteroatoms. The van der Waals surface area contributed by atoms with Gasteiger partial charge in [-0.1, -0.05) is 91.6 Å². The van der Waals surface area contributed by atoms with Crippen LogP contribution in [0, 0.1) is 23.7 Å². The van der Waals surface area contributed by atoms with Gasteiger partial charge in [-0.2, -0.15) is 0 Å². The van der Waals surface area contributed by atoms with Gasteiger partial charge in [-0.3, -0.25) is 38.5 Å². The Hall–Kier alpha value is -4.67. The second kappa shape index (κ2) is 25.9. The number of unbranched alkanes of at least 4 members (excludes halogenated alkanes) is 2. The van der Waals surface area contributed by atoms with E-state index in [1.807, 2.05) is 59.7 Å². The molecule has 1 fully saturated rings. The van der Waals surface area contributed by atoms with Crippen LogP contribution in [-0.4, -0.2) is 150 Å². The van der Waals surface area contributed by atoms with Crippen molar-refractivity contribution in [3.8, 4) is 0 Å². The average molecular weight is 911 g/mol. The lowest BCUT2D eigenvalue weighted by Gasteiger charge is -2.41. The smallest absolute Gasteiger partial charge is 0.253 e. The number of carbonyl (C=O) groups is 7. The fourth-order valence-corrected chi connectivity index (χ4v) is 9.28. The third kappa shape index (κ3) is 14.4. The molecular formula is C49H78N6O10. The Kier molecular flexibility index (Phi) is 21.8. The van der Waals surface area contributed by atoms with E-state index in [9.17, 15) is 38.7 Å². The van der Waals surface area contributed by atoms with Crippen LogP contribution in [0.1, 0.15) is 118 Å². The van der Waals surface area contributed by atoms with Gasteiger partial charge in [0.25, 0.3) is 11.8 Å². The van der Waals surface area contributed by atoms with Crippen LogP contribution in [0.4, 0.5) is 0 Å². The highest BCUT2D eigenvalue weighted by molar-refractivity contribution is 6.12. The Morgan fingerprint density at radius 1 is 0.831 bits per heavy atom. The summed E-state index contributed by atoms with van der Waals surface area (Å²) in [7, 11) is 6.32. The highest BCUT2D eigenvalue weighted by atomic mass is 16.5. The number of nitrogens with zero attached hydrogens (tertiary/aromatic N) is 4. The molecule has 364 valence electrons. The molecule has 0 saturated carbocycles. The number of ether oxygens (including phenoxy) is 2. The van der Waals surface area contributed by atoms with Crippen LogP contribution in [0.15, 0.2) is 42.5 Å². The molecule has 1 aromatic rings. The van der Waals surface area contributed by atoms with Gasteiger partial charge in [0.1, 0.15) is 12.1 Å². The zero-order valence-corrected chi connectivity index (χ0v) is 41.0. The molecule has 1 aromatic carbocycles. The van der Waals surface area contributed by atoms with Gasteiger partial charge in [-0.25, -0.2) is 0 Å². The zero-order chi connectivity index (χ0) is 48.7. The maximum Gasteiger partial charge on any atom is 0.253 e. The molecule has 0 bridgehead atoms. The molecule has 10 unspecified atom stereocenters. The SMILES string of the molecule is CCC(C)C(C(CC(=O)N1CCCC1C(OC)C(C)C(=O)NC(C)C(O)c1ccccc1)OC)N(C)C(=O)C(NC(=O)C(C(C)C)N(C)C(=O)CCCCCN1C(=O)C=CC1=O)C(C)C. The monoisotopic (exact) mass is 911 g/mol. The minimum absolute atomic E-state index is 0.0380. The topological polar surface area (TPSA) is 195 Å². The molecule has 2 aliphatic heterocycles. The minimum Gasteiger partial charge on any atom is -0.386 e. The molecule has 2 heterocycles. The van der Waals surface area contributed by atoms with Crippen LogP contribution in [0.3, 0.4) is 0 Å². The maximum atomic E-state index is 14.6. The number of imide groups is 1. The maximum absolute atomic E-state index is 14.6. The van der Waals surface area contributed by atoms with E-state index in [0.717, 1.165) is 6.42 Å². The summed E-state index contributed by atoms with van der Waals surface area (Å²) < 4.78 is 12.0. The van der Waals surface area contributed by atoms with E-state index in [1.54, 1.807) is 49.9 Å². The summed E-state index contributed by atoms with van der Waals surface area (Å²) in [5.74, 6) is -3.55. The fourth-order valence-electron chi connectivity index (χ4n) is 9.28. The van der Waals surface area contributed by atoms with Crippen molar-refractivity contribution in [3.63, 3.8) is 0 Å². The zero-order valence-electron chi connectivity index (χ0n) is 41.0.